The average Bonchev–Trinajstić information content (AvgIpc) is 3.12. The maximum atomic E-state index is 12.8. The van der Waals surface area contributed by atoms with E-state index in [1.165, 1.54) is 30.4 Å². The van der Waals surface area contributed by atoms with E-state index in [0.717, 1.165) is 37.1 Å². The summed E-state index contributed by atoms with van der Waals surface area (Å²) < 4.78 is 0. The molecule has 0 saturated carbocycles. The fourth-order valence-corrected chi connectivity index (χ4v) is 4.04. The fourth-order valence-electron chi connectivity index (χ4n) is 4.04. The molecular weight excluding hydrogens is 298 g/mol. The lowest BCUT2D eigenvalue weighted by atomic mass is 9.90. The highest BCUT2D eigenvalue weighted by Crippen LogP contribution is 2.31. The first-order valence-corrected chi connectivity index (χ1v) is 8.97. The van der Waals surface area contributed by atoms with Crippen molar-refractivity contribution < 1.29 is 4.79 Å². The summed E-state index contributed by atoms with van der Waals surface area (Å²) in [5, 5.41) is 0. The standard InChI is InChI=1S/C20H23N3O/c24-20(13-15-7-8-16-4-1-2-5-17(16)12-15)23-11-3-6-19(23)18-9-10-21-14-22-18/h7-10,12,14,19H,1-6,11,13H2. The molecule has 1 unspecified atom stereocenters. The maximum Gasteiger partial charge on any atom is 0.227 e. The number of carbonyl (C=O) groups excluding carboxylic acids is 1. The van der Waals surface area contributed by atoms with Crippen molar-refractivity contribution in [3.8, 4) is 0 Å². The minimum Gasteiger partial charge on any atom is -0.334 e. The van der Waals surface area contributed by atoms with Gasteiger partial charge >= 0.3 is 0 Å². The summed E-state index contributed by atoms with van der Waals surface area (Å²) in [7, 11) is 0. The molecule has 2 heterocycles. The largest absolute Gasteiger partial charge is 0.334 e. The maximum absolute atomic E-state index is 12.8. The molecule has 0 spiro atoms. The molecule has 1 fully saturated rings. The number of hydrogen-bond donors (Lipinski definition) is 0. The second-order valence-electron chi connectivity index (χ2n) is 6.87. The van der Waals surface area contributed by atoms with Crippen molar-refractivity contribution in [3.05, 3.63) is 59.2 Å². The Morgan fingerprint density at radius 2 is 2.00 bits per heavy atom. The van der Waals surface area contributed by atoms with Crippen molar-refractivity contribution >= 4 is 5.91 Å². The highest BCUT2D eigenvalue weighted by molar-refractivity contribution is 5.79. The zero-order valence-corrected chi connectivity index (χ0v) is 13.9. The third kappa shape index (κ3) is 3.05. The summed E-state index contributed by atoms with van der Waals surface area (Å²) in [4.78, 5) is 23.2. The molecule has 0 radical (unpaired) electrons. The monoisotopic (exact) mass is 321 g/mol. The lowest BCUT2D eigenvalue weighted by molar-refractivity contribution is -0.131. The lowest BCUT2D eigenvalue weighted by Gasteiger charge is -2.24. The van der Waals surface area contributed by atoms with E-state index in [2.05, 4.69) is 28.2 Å². The molecule has 1 saturated heterocycles. The highest BCUT2D eigenvalue weighted by Gasteiger charge is 2.30. The predicted octanol–water partition coefficient (Wildman–Crippen LogP) is 3.26. The molecule has 1 aromatic heterocycles. The van der Waals surface area contributed by atoms with Crippen LogP contribution in [0.4, 0.5) is 0 Å². The van der Waals surface area contributed by atoms with Crippen LogP contribution in [0.25, 0.3) is 0 Å². The molecule has 1 amide bonds. The van der Waals surface area contributed by atoms with Gasteiger partial charge in [0.2, 0.25) is 5.91 Å². The Bertz CT molecular complexity index is 729. The van der Waals surface area contributed by atoms with Crippen LogP contribution in [0.2, 0.25) is 0 Å². The van der Waals surface area contributed by atoms with Gasteiger partial charge in [0.05, 0.1) is 18.2 Å². The van der Waals surface area contributed by atoms with E-state index < -0.39 is 0 Å². The number of benzene rings is 1. The third-order valence-electron chi connectivity index (χ3n) is 5.29. The molecule has 4 heteroatoms. The molecule has 0 bridgehead atoms. The van der Waals surface area contributed by atoms with Gasteiger partial charge in [-0.15, -0.1) is 0 Å². The number of likely N-dealkylation sites (tertiary alicyclic amines) is 1. The van der Waals surface area contributed by atoms with Crippen LogP contribution in [0.3, 0.4) is 0 Å². The fraction of sp³-hybridized carbons (Fsp3) is 0.450. The van der Waals surface area contributed by atoms with Crippen LogP contribution in [0.5, 0.6) is 0 Å². The first-order chi connectivity index (χ1) is 11.8. The van der Waals surface area contributed by atoms with Gasteiger partial charge in [0, 0.05) is 12.7 Å². The summed E-state index contributed by atoms with van der Waals surface area (Å²) in [5.74, 6) is 0.215. The number of amides is 1. The summed E-state index contributed by atoms with van der Waals surface area (Å²) >= 11 is 0. The second kappa shape index (κ2) is 6.71. The zero-order valence-electron chi connectivity index (χ0n) is 13.9. The zero-order chi connectivity index (χ0) is 16.4. The van der Waals surface area contributed by atoms with Gasteiger partial charge in [0.15, 0.2) is 0 Å². The third-order valence-corrected chi connectivity index (χ3v) is 5.29. The Labute approximate surface area is 142 Å². The molecule has 2 aromatic rings. The number of aromatic nitrogens is 2. The summed E-state index contributed by atoms with van der Waals surface area (Å²) in [5.41, 5.74) is 5.02. The molecule has 2 aliphatic rings. The van der Waals surface area contributed by atoms with Crippen LogP contribution in [0, 0.1) is 0 Å². The van der Waals surface area contributed by atoms with Gasteiger partial charge in [-0.05, 0) is 61.3 Å². The Hall–Kier alpha value is -2.23. The van der Waals surface area contributed by atoms with Gasteiger partial charge in [-0.3, -0.25) is 4.79 Å². The van der Waals surface area contributed by atoms with Crippen LogP contribution >= 0.6 is 0 Å². The molecule has 124 valence electrons. The van der Waals surface area contributed by atoms with E-state index >= 15 is 0 Å². The van der Waals surface area contributed by atoms with Crippen molar-refractivity contribution in [2.45, 2.75) is 51.0 Å². The summed E-state index contributed by atoms with van der Waals surface area (Å²) in [6.07, 6.45) is 10.8. The number of fused-ring (bicyclic) bond motifs is 1. The van der Waals surface area contributed by atoms with Crippen molar-refractivity contribution in [3.63, 3.8) is 0 Å². The number of nitrogens with zero attached hydrogens (tertiary/aromatic N) is 3. The number of carbonyl (C=O) groups is 1. The number of rotatable bonds is 3. The van der Waals surface area contributed by atoms with Crippen molar-refractivity contribution in [1.82, 2.24) is 14.9 Å². The topological polar surface area (TPSA) is 46.1 Å². The van der Waals surface area contributed by atoms with Crippen LogP contribution in [-0.2, 0) is 24.1 Å². The van der Waals surface area contributed by atoms with E-state index in [1.54, 1.807) is 12.5 Å². The Kier molecular flexibility index (Phi) is 4.28. The smallest absolute Gasteiger partial charge is 0.227 e. The molecule has 4 rings (SSSR count). The number of aryl methyl sites for hydroxylation is 2. The molecule has 1 atom stereocenters. The molecule has 1 aliphatic heterocycles. The molecule has 0 N–H and O–H groups in total. The van der Waals surface area contributed by atoms with E-state index in [-0.39, 0.29) is 11.9 Å². The van der Waals surface area contributed by atoms with Gasteiger partial charge < -0.3 is 4.90 Å². The first kappa shape index (κ1) is 15.3. The lowest BCUT2D eigenvalue weighted by Crippen LogP contribution is -2.32. The van der Waals surface area contributed by atoms with Crippen LogP contribution in [-0.4, -0.2) is 27.3 Å². The predicted molar refractivity (Wildman–Crippen MR) is 92.5 cm³/mol. The van der Waals surface area contributed by atoms with Crippen molar-refractivity contribution in [2.24, 2.45) is 0 Å². The van der Waals surface area contributed by atoms with Gasteiger partial charge in [-0.1, -0.05) is 18.2 Å². The average molecular weight is 321 g/mol. The van der Waals surface area contributed by atoms with Crippen molar-refractivity contribution in [1.29, 1.82) is 0 Å². The van der Waals surface area contributed by atoms with Crippen molar-refractivity contribution in [2.75, 3.05) is 6.54 Å². The second-order valence-corrected chi connectivity index (χ2v) is 6.87. The minimum absolute atomic E-state index is 0.109. The van der Waals surface area contributed by atoms with E-state index in [0.29, 0.717) is 6.42 Å². The quantitative estimate of drug-likeness (QED) is 0.871. The van der Waals surface area contributed by atoms with Gasteiger partial charge in [0.1, 0.15) is 6.33 Å². The summed E-state index contributed by atoms with van der Waals surface area (Å²) in [6.45, 7) is 0.832. The van der Waals surface area contributed by atoms with E-state index in [9.17, 15) is 4.79 Å². The van der Waals surface area contributed by atoms with Crippen LogP contribution < -0.4 is 0 Å². The Morgan fingerprint density at radius 3 is 2.83 bits per heavy atom. The Morgan fingerprint density at radius 1 is 1.12 bits per heavy atom. The SMILES string of the molecule is O=C(Cc1ccc2c(c1)CCCC2)N1CCCC1c1ccncn1. The summed E-state index contributed by atoms with van der Waals surface area (Å²) in [6, 6.07) is 8.65. The first-order valence-electron chi connectivity index (χ1n) is 8.97. The van der Waals surface area contributed by atoms with Crippen LogP contribution in [0.15, 0.2) is 36.8 Å². The van der Waals surface area contributed by atoms with E-state index in [4.69, 9.17) is 0 Å². The minimum atomic E-state index is 0.109. The Balaban J connectivity index is 1.49. The molecule has 1 aliphatic carbocycles. The van der Waals surface area contributed by atoms with Crippen LogP contribution in [0.1, 0.15) is 54.1 Å². The molecule has 1 aromatic carbocycles. The molecule has 4 nitrogen and oxygen atoms in total. The number of hydrogen-bond acceptors (Lipinski definition) is 3. The van der Waals surface area contributed by atoms with Gasteiger partial charge in [-0.2, -0.15) is 0 Å². The van der Waals surface area contributed by atoms with Gasteiger partial charge in [0.25, 0.3) is 0 Å². The normalized spacial score (nSPS) is 20.0. The van der Waals surface area contributed by atoms with Gasteiger partial charge in [-0.25, -0.2) is 9.97 Å². The highest BCUT2D eigenvalue weighted by atomic mass is 16.2. The molecular formula is C20H23N3O. The van der Waals surface area contributed by atoms with E-state index in [1.807, 2.05) is 11.0 Å². The molecule has 24 heavy (non-hydrogen) atoms.